The Bertz CT molecular complexity index is 705. The Kier molecular flexibility index (Phi) is 13.2. The van der Waals surface area contributed by atoms with Gasteiger partial charge in [0.2, 0.25) is 6.79 Å². The molecule has 1 amide bonds. The van der Waals surface area contributed by atoms with Crippen molar-refractivity contribution in [3.8, 4) is 11.5 Å². The molecule has 1 saturated heterocycles. The van der Waals surface area contributed by atoms with Gasteiger partial charge in [0, 0.05) is 34.9 Å². The Balaban J connectivity index is 0.000000303. The molecule has 2 atom stereocenters. The van der Waals surface area contributed by atoms with Crippen LogP contribution in [0.2, 0.25) is 0 Å². The van der Waals surface area contributed by atoms with Crippen molar-refractivity contribution in [2.45, 2.75) is 89.7 Å². The fourth-order valence-electron chi connectivity index (χ4n) is 3.98. The number of hydrogen-bond donors (Lipinski definition) is 1. The van der Waals surface area contributed by atoms with Gasteiger partial charge in [-0.15, -0.1) is 0 Å². The highest BCUT2D eigenvalue weighted by Gasteiger charge is 2.16. The van der Waals surface area contributed by atoms with E-state index in [-0.39, 0.29) is 10.5 Å². The van der Waals surface area contributed by atoms with E-state index >= 15 is 0 Å². The van der Waals surface area contributed by atoms with E-state index in [1.807, 2.05) is 23.1 Å². The molecule has 1 aromatic carbocycles. The first-order valence-corrected chi connectivity index (χ1v) is 14.1. The third-order valence-corrected chi connectivity index (χ3v) is 8.02. The van der Waals surface area contributed by atoms with Crippen molar-refractivity contribution < 1.29 is 18.5 Å². The zero-order chi connectivity index (χ0) is 23.2. The van der Waals surface area contributed by atoms with Crippen molar-refractivity contribution in [3.63, 3.8) is 0 Å². The summed E-state index contributed by atoms with van der Waals surface area (Å²) in [5.41, 5.74) is 1.17. The van der Waals surface area contributed by atoms with Gasteiger partial charge in [-0.05, 0) is 43.4 Å². The molecule has 182 valence electrons. The molecule has 0 aliphatic carbocycles. The number of ether oxygens (including phenoxy) is 2. The lowest BCUT2D eigenvalue weighted by molar-refractivity contribution is 0.174. The van der Waals surface area contributed by atoms with Crippen LogP contribution in [0, 0.1) is 0 Å². The summed E-state index contributed by atoms with van der Waals surface area (Å²) in [5.74, 6) is 2.45. The predicted molar refractivity (Wildman–Crippen MR) is 137 cm³/mol. The first kappa shape index (κ1) is 27.0. The fourth-order valence-corrected chi connectivity index (χ4v) is 5.45. The van der Waals surface area contributed by atoms with Crippen LogP contribution in [-0.4, -0.2) is 45.2 Å². The lowest BCUT2D eigenvalue weighted by Crippen LogP contribution is -2.26. The number of amides is 1. The van der Waals surface area contributed by atoms with Crippen LogP contribution in [0.15, 0.2) is 18.2 Å². The second-order valence-electron chi connectivity index (χ2n) is 8.74. The molecule has 2 aliphatic rings. The number of benzene rings is 1. The smallest absolute Gasteiger partial charge is 0.278 e. The maximum Gasteiger partial charge on any atom is 0.278 e. The SMILES string of the molecule is CCCCCCCCS(=O)C(C)Cc1ccc2c(c1)OCO2.O=C(S)N1CCCCCC1. The van der Waals surface area contributed by atoms with Crippen molar-refractivity contribution in [3.05, 3.63) is 23.8 Å². The average Bonchev–Trinajstić information content (AvgIpc) is 3.07. The summed E-state index contributed by atoms with van der Waals surface area (Å²) < 4.78 is 23.0. The molecule has 2 heterocycles. The number of rotatable bonds is 10. The summed E-state index contributed by atoms with van der Waals surface area (Å²) in [7, 11) is -0.743. The molecular weight excluding hydrogens is 442 g/mol. The molecule has 0 spiro atoms. The van der Waals surface area contributed by atoms with Gasteiger partial charge in [0.25, 0.3) is 5.24 Å². The second kappa shape index (κ2) is 15.6. The number of carbonyl (C=O) groups is 1. The molecule has 1 fully saturated rings. The largest absolute Gasteiger partial charge is 0.454 e. The molecular formula is C25H41NO4S2. The maximum atomic E-state index is 12.3. The van der Waals surface area contributed by atoms with Crippen molar-refractivity contribution in [2.75, 3.05) is 25.6 Å². The van der Waals surface area contributed by atoms with Crippen LogP contribution in [0.25, 0.3) is 0 Å². The second-order valence-corrected chi connectivity index (χ2v) is 11.1. The quantitative estimate of drug-likeness (QED) is 0.310. The number of fused-ring (bicyclic) bond motifs is 1. The van der Waals surface area contributed by atoms with E-state index in [0.29, 0.717) is 6.79 Å². The highest BCUT2D eigenvalue weighted by atomic mass is 32.2. The van der Waals surface area contributed by atoms with Crippen LogP contribution in [0.4, 0.5) is 4.79 Å². The molecule has 0 aromatic heterocycles. The first-order valence-electron chi connectivity index (χ1n) is 12.2. The molecule has 0 bridgehead atoms. The molecule has 3 rings (SSSR count). The summed E-state index contributed by atoms with van der Waals surface area (Å²) >= 11 is 3.78. The minimum absolute atomic E-state index is 0.0677. The van der Waals surface area contributed by atoms with E-state index in [9.17, 15) is 9.00 Å². The lowest BCUT2D eigenvalue weighted by Gasteiger charge is -2.16. The van der Waals surface area contributed by atoms with E-state index < -0.39 is 10.8 Å². The highest BCUT2D eigenvalue weighted by molar-refractivity contribution is 7.96. The minimum atomic E-state index is -0.743. The number of likely N-dealkylation sites (tertiary alicyclic amines) is 1. The average molecular weight is 484 g/mol. The van der Waals surface area contributed by atoms with Crippen molar-refractivity contribution >= 4 is 28.7 Å². The molecule has 0 N–H and O–H groups in total. The Morgan fingerprint density at radius 3 is 2.38 bits per heavy atom. The van der Waals surface area contributed by atoms with E-state index in [0.717, 1.165) is 56.0 Å². The maximum absolute atomic E-state index is 12.3. The third-order valence-electron chi connectivity index (χ3n) is 5.98. The Morgan fingerprint density at radius 1 is 1.03 bits per heavy atom. The van der Waals surface area contributed by atoms with Crippen LogP contribution >= 0.6 is 12.6 Å². The van der Waals surface area contributed by atoms with Crippen LogP contribution in [-0.2, 0) is 17.2 Å². The number of unbranched alkanes of at least 4 members (excludes halogenated alkanes) is 5. The zero-order valence-electron chi connectivity index (χ0n) is 19.9. The molecule has 0 saturated carbocycles. The summed E-state index contributed by atoms with van der Waals surface area (Å²) in [4.78, 5) is 12.6. The Hall–Kier alpha value is -1.21. The molecule has 2 unspecified atom stereocenters. The topological polar surface area (TPSA) is 55.8 Å². The summed E-state index contributed by atoms with van der Waals surface area (Å²) in [6.45, 7) is 6.42. The first-order chi connectivity index (χ1) is 15.5. The molecule has 32 heavy (non-hydrogen) atoms. The summed E-state index contributed by atoms with van der Waals surface area (Å²) in [6, 6.07) is 6.01. The molecule has 5 nitrogen and oxygen atoms in total. The van der Waals surface area contributed by atoms with Crippen LogP contribution in [0.5, 0.6) is 11.5 Å². The van der Waals surface area contributed by atoms with Crippen molar-refractivity contribution in [1.82, 2.24) is 4.90 Å². The lowest BCUT2D eigenvalue weighted by atomic mass is 10.1. The Morgan fingerprint density at radius 2 is 1.69 bits per heavy atom. The number of thiol groups is 1. The monoisotopic (exact) mass is 483 g/mol. The zero-order valence-corrected chi connectivity index (χ0v) is 21.6. The van der Waals surface area contributed by atoms with Crippen molar-refractivity contribution in [2.24, 2.45) is 0 Å². The van der Waals surface area contributed by atoms with Gasteiger partial charge in [-0.25, -0.2) is 0 Å². The van der Waals surface area contributed by atoms with Crippen molar-refractivity contribution in [1.29, 1.82) is 0 Å². The van der Waals surface area contributed by atoms with Gasteiger partial charge in [0.05, 0.1) is 0 Å². The predicted octanol–water partition coefficient (Wildman–Crippen LogP) is 6.37. The van der Waals surface area contributed by atoms with E-state index in [1.165, 1.54) is 50.5 Å². The molecule has 2 aliphatic heterocycles. The molecule has 1 aromatic rings. The van der Waals surface area contributed by atoms with Gasteiger partial charge >= 0.3 is 0 Å². The highest BCUT2D eigenvalue weighted by Crippen LogP contribution is 2.33. The Labute approximate surface area is 202 Å². The van der Waals surface area contributed by atoms with E-state index in [4.69, 9.17) is 9.47 Å². The number of hydrogen-bond acceptors (Lipinski definition) is 4. The van der Waals surface area contributed by atoms with Gasteiger partial charge in [-0.3, -0.25) is 9.00 Å². The van der Waals surface area contributed by atoms with Gasteiger partial charge < -0.3 is 14.4 Å². The standard InChI is InChI=1S/C18H28O3S.C7H13NOS/c1-3-4-5-6-7-8-11-22(19)15(2)12-16-9-10-17-18(13-16)21-14-20-17;9-7(10)8-5-3-1-2-4-6-8/h9-10,13,15H,3-8,11-12,14H2,1-2H3;1-6H2,(H,9,10). The summed E-state index contributed by atoms with van der Waals surface area (Å²) in [6.07, 6.45) is 13.1. The van der Waals surface area contributed by atoms with Crippen LogP contribution < -0.4 is 9.47 Å². The van der Waals surface area contributed by atoms with Gasteiger partial charge in [0.15, 0.2) is 11.5 Å². The third kappa shape index (κ3) is 10.2. The molecule has 0 radical (unpaired) electrons. The van der Waals surface area contributed by atoms with Gasteiger partial charge in [0.1, 0.15) is 0 Å². The van der Waals surface area contributed by atoms with Crippen LogP contribution in [0.3, 0.4) is 0 Å². The minimum Gasteiger partial charge on any atom is -0.454 e. The van der Waals surface area contributed by atoms with Crippen LogP contribution in [0.1, 0.15) is 83.6 Å². The van der Waals surface area contributed by atoms with E-state index in [1.54, 1.807) is 0 Å². The van der Waals surface area contributed by atoms with Gasteiger partial charge in [-0.2, -0.15) is 0 Å². The molecule has 7 heteroatoms. The number of nitrogens with zero attached hydrogens (tertiary/aromatic N) is 1. The number of carbonyl (C=O) groups excluding carboxylic acids is 1. The normalized spacial score (nSPS) is 17.2. The summed E-state index contributed by atoms with van der Waals surface area (Å²) in [5, 5.41) is 0.123. The van der Waals surface area contributed by atoms with E-state index in [2.05, 4.69) is 26.5 Å². The fraction of sp³-hybridized carbons (Fsp3) is 0.720. The van der Waals surface area contributed by atoms with Gasteiger partial charge in [-0.1, -0.05) is 77.5 Å².